The molecule has 80 valence electrons. The van der Waals surface area contributed by atoms with Crippen molar-refractivity contribution in [1.82, 2.24) is 15.5 Å². The second kappa shape index (κ2) is 3.34. The van der Waals surface area contributed by atoms with Crippen molar-refractivity contribution >= 4 is 12.1 Å². The molecule has 2 fully saturated rings. The Morgan fingerprint density at radius 2 is 2.47 bits per heavy atom. The van der Waals surface area contributed by atoms with Crippen LogP contribution in [-0.2, 0) is 4.79 Å². The zero-order valence-electron chi connectivity index (χ0n) is 8.44. The summed E-state index contributed by atoms with van der Waals surface area (Å²) in [4.78, 5) is 18.3. The van der Waals surface area contributed by atoms with Crippen LogP contribution in [0.5, 0.6) is 0 Å². The number of rotatable bonds is 0. The normalized spacial score (nSPS) is 34.0. The SMILES string of the molecule is O=C1NC2N=CCC=C2N2CCNCC12. The minimum atomic E-state index is -0.138. The standard InChI is InChI=1S/C10H14N4O/c15-10-8-6-11-4-5-14(8)7-2-1-3-12-9(7)13-10/h2-3,8-9,11H,1,4-6H2,(H,13,15). The van der Waals surface area contributed by atoms with E-state index in [9.17, 15) is 4.79 Å². The van der Waals surface area contributed by atoms with Crippen LogP contribution in [0, 0.1) is 0 Å². The molecule has 5 nitrogen and oxygen atoms in total. The third-order valence-corrected chi connectivity index (χ3v) is 3.12. The summed E-state index contributed by atoms with van der Waals surface area (Å²) in [6.07, 6.45) is 4.76. The van der Waals surface area contributed by atoms with Crippen molar-refractivity contribution in [3.05, 3.63) is 11.8 Å². The first-order chi connectivity index (χ1) is 7.36. The van der Waals surface area contributed by atoms with Crippen LogP contribution in [0.15, 0.2) is 16.8 Å². The molecule has 2 saturated heterocycles. The molecule has 0 aliphatic carbocycles. The summed E-state index contributed by atoms with van der Waals surface area (Å²) in [5, 5.41) is 6.17. The molecule has 3 aliphatic heterocycles. The molecule has 2 unspecified atom stereocenters. The molecule has 0 radical (unpaired) electrons. The van der Waals surface area contributed by atoms with Gasteiger partial charge in [-0.15, -0.1) is 0 Å². The van der Waals surface area contributed by atoms with Crippen molar-refractivity contribution in [2.24, 2.45) is 4.99 Å². The first-order valence-electron chi connectivity index (χ1n) is 5.36. The molecule has 3 rings (SSSR count). The molecule has 1 amide bonds. The van der Waals surface area contributed by atoms with E-state index >= 15 is 0 Å². The van der Waals surface area contributed by atoms with E-state index in [-0.39, 0.29) is 18.1 Å². The smallest absolute Gasteiger partial charge is 0.245 e. The number of carbonyl (C=O) groups is 1. The highest BCUT2D eigenvalue weighted by Crippen LogP contribution is 2.23. The number of dihydropyridines is 1. The van der Waals surface area contributed by atoms with Gasteiger partial charge in [0, 0.05) is 32.3 Å². The van der Waals surface area contributed by atoms with Crippen molar-refractivity contribution in [3.63, 3.8) is 0 Å². The molecule has 0 aromatic rings. The molecule has 0 spiro atoms. The van der Waals surface area contributed by atoms with Crippen LogP contribution in [0.1, 0.15) is 6.42 Å². The third kappa shape index (κ3) is 1.34. The van der Waals surface area contributed by atoms with Gasteiger partial charge in [-0.1, -0.05) is 6.08 Å². The van der Waals surface area contributed by atoms with Crippen molar-refractivity contribution in [1.29, 1.82) is 0 Å². The minimum absolute atomic E-state index is 0.0467. The zero-order chi connectivity index (χ0) is 10.3. The summed E-state index contributed by atoms with van der Waals surface area (Å²) < 4.78 is 0. The number of aliphatic imine (C=N–C) groups is 1. The highest BCUT2D eigenvalue weighted by molar-refractivity contribution is 5.85. The molecule has 2 atom stereocenters. The monoisotopic (exact) mass is 206 g/mol. The van der Waals surface area contributed by atoms with Crippen LogP contribution in [0.2, 0.25) is 0 Å². The van der Waals surface area contributed by atoms with E-state index in [1.807, 2.05) is 6.21 Å². The third-order valence-electron chi connectivity index (χ3n) is 3.12. The predicted octanol–water partition coefficient (Wildman–Crippen LogP) is -0.925. The summed E-state index contributed by atoms with van der Waals surface area (Å²) in [5.41, 5.74) is 1.17. The first-order valence-corrected chi connectivity index (χ1v) is 5.36. The van der Waals surface area contributed by atoms with Crippen molar-refractivity contribution in [3.8, 4) is 0 Å². The summed E-state index contributed by atoms with van der Waals surface area (Å²) in [7, 11) is 0. The second-order valence-corrected chi connectivity index (χ2v) is 4.02. The van der Waals surface area contributed by atoms with Gasteiger partial charge in [-0.2, -0.15) is 0 Å². The predicted molar refractivity (Wildman–Crippen MR) is 56.5 cm³/mol. The van der Waals surface area contributed by atoms with Gasteiger partial charge in [-0.25, -0.2) is 0 Å². The van der Waals surface area contributed by atoms with E-state index < -0.39 is 0 Å². The first kappa shape index (κ1) is 8.91. The van der Waals surface area contributed by atoms with E-state index in [1.165, 1.54) is 5.70 Å². The van der Waals surface area contributed by atoms with Gasteiger partial charge in [-0.05, 0) is 0 Å². The maximum atomic E-state index is 11.8. The van der Waals surface area contributed by atoms with Gasteiger partial charge < -0.3 is 15.5 Å². The molecule has 15 heavy (non-hydrogen) atoms. The van der Waals surface area contributed by atoms with E-state index in [4.69, 9.17) is 0 Å². The number of carbonyl (C=O) groups excluding carboxylic acids is 1. The Morgan fingerprint density at radius 3 is 3.40 bits per heavy atom. The minimum Gasteiger partial charge on any atom is -0.358 e. The lowest BCUT2D eigenvalue weighted by molar-refractivity contribution is -0.129. The van der Waals surface area contributed by atoms with E-state index in [0.29, 0.717) is 0 Å². The summed E-state index contributed by atoms with van der Waals surface area (Å²) >= 11 is 0. The van der Waals surface area contributed by atoms with Crippen LogP contribution >= 0.6 is 0 Å². The number of hydrogen-bond acceptors (Lipinski definition) is 4. The van der Waals surface area contributed by atoms with Crippen LogP contribution in [0.4, 0.5) is 0 Å². The maximum Gasteiger partial charge on any atom is 0.245 e. The Bertz CT molecular complexity index is 349. The quantitative estimate of drug-likeness (QED) is 0.538. The number of allylic oxidation sites excluding steroid dienone is 1. The lowest BCUT2D eigenvalue weighted by atomic mass is 10.0. The molecule has 0 saturated carbocycles. The number of nitrogens with zero attached hydrogens (tertiary/aromatic N) is 2. The molecule has 0 bridgehead atoms. The van der Waals surface area contributed by atoms with Crippen molar-refractivity contribution in [2.45, 2.75) is 18.6 Å². The second-order valence-electron chi connectivity index (χ2n) is 4.02. The number of fused-ring (bicyclic) bond motifs is 3. The molecule has 3 aliphatic rings. The Morgan fingerprint density at radius 1 is 1.53 bits per heavy atom. The lowest BCUT2D eigenvalue weighted by Gasteiger charge is -2.45. The van der Waals surface area contributed by atoms with Crippen molar-refractivity contribution in [2.75, 3.05) is 19.6 Å². The highest BCUT2D eigenvalue weighted by atomic mass is 16.2. The summed E-state index contributed by atoms with van der Waals surface area (Å²) in [5.74, 6) is 0.0865. The van der Waals surface area contributed by atoms with Crippen LogP contribution in [0.3, 0.4) is 0 Å². The van der Waals surface area contributed by atoms with Gasteiger partial charge in [0.15, 0.2) is 6.17 Å². The Kier molecular flexibility index (Phi) is 1.98. The average molecular weight is 206 g/mol. The average Bonchev–Trinajstić information content (AvgIpc) is 2.30. The molecule has 0 aromatic heterocycles. The topological polar surface area (TPSA) is 56.7 Å². The van der Waals surface area contributed by atoms with Crippen LogP contribution < -0.4 is 10.6 Å². The Balaban J connectivity index is 1.92. The highest BCUT2D eigenvalue weighted by Gasteiger charge is 2.38. The molecule has 0 aromatic carbocycles. The fraction of sp³-hybridized carbons (Fsp3) is 0.600. The van der Waals surface area contributed by atoms with Gasteiger partial charge in [-0.3, -0.25) is 9.79 Å². The van der Waals surface area contributed by atoms with Gasteiger partial charge in [0.25, 0.3) is 0 Å². The molecule has 3 heterocycles. The van der Waals surface area contributed by atoms with Crippen molar-refractivity contribution < 1.29 is 4.79 Å². The molecular weight excluding hydrogens is 192 g/mol. The van der Waals surface area contributed by atoms with Gasteiger partial charge >= 0.3 is 0 Å². The van der Waals surface area contributed by atoms with Gasteiger partial charge in [0.2, 0.25) is 5.91 Å². The van der Waals surface area contributed by atoms with Crippen LogP contribution in [0.25, 0.3) is 0 Å². The number of nitrogens with one attached hydrogen (secondary N) is 2. The summed E-state index contributed by atoms with van der Waals surface area (Å²) in [6.45, 7) is 2.58. The van der Waals surface area contributed by atoms with E-state index in [0.717, 1.165) is 26.1 Å². The largest absolute Gasteiger partial charge is 0.358 e. The maximum absolute atomic E-state index is 11.8. The molecule has 5 heteroatoms. The lowest BCUT2D eigenvalue weighted by Crippen LogP contribution is -2.64. The zero-order valence-corrected chi connectivity index (χ0v) is 8.44. The number of piperazine rings is 2. The molecule has 2 N–H and O–H groups in total. The fourth-order valence-corrected chi connectivity index (χ4v) is 2.39. The fourth-order valence-electron chi connectivity index (χ4n) is 2.39. The van der Waals surface area contributed by atoms with E-state index in [2.05, 4.69) is 26.6 Å². The van der Waals surface area contributed by atoms with Gasteiger partial charge in [0.05, 0.1) is 5.70 Å². The summed E-state index contributed by atoms with van der Waals surface area (Å²) in [6, 6.07) is -0.0467. The van der Waals surface area contributed by atoms with Crippen LogP contribution in [-0.4, -0.2) is 48.9 Å². The number of amides is 1. The molecular formula is C10H14N4O. The van der Waals surface area contributed by atoms with Gasteiger partial charge in [0.1, 0.15) is 6.04 Å². The Hall–Kier alpha value is -1.36. The Labute approximate surface area is 88.2 Å². The number of hydrogen-bond donors (Lipinski definition) is 2. The van der Waals surface area contributed by atoms with E-state index in [1.54, 1.807) is 0 Å².